The predicted molar refractivity (Wildman–Crippen MR) is 82.8 cm³/mol. The van der Waals surface area contributed by atoms with Crippen molar-refractivity contribution in [3.05, 3.63) is 29.3 Å². The quantitative estimate of drug-likeness (QED) is 0.847. The average molecular weight is 303 g/mol. The molecule has 0 bridgehead atoms. The van der Waals surface area contributed by atoms with Gasteiger partial charge in [0.15, 0.2) is 6.61 Å². The molecule has 1 N–H and O–H groups in total. The maximum Gasteiger partial charge on any atom is 0.270 e. The minimum absolute atomic E-state index is 0.0899. The number of hydrogen-bond acceptors (Lipinski definition) is 5. The van der Waals surface area contributed by atoms with Crippen molar-refractivity contribution in [2.45, 2.75) is 40.2 Å². The van der Waals surface area contributed by atoms with Gasteiger partial charge in [-0.2, -0.15) is 4.80 Å². The van der Waals surface area contributed by atoms with Crippen LogP contribution in [0.25, 0.3) is 0 Å². The van der Waals surface area contributed by atoms with Crippen LogP contribution in [-0.4, -0.2) is 32.7 Å². The zero-order valence-corrected chi connectivity index (χ0v) is 13.2. The smallest absolute Gasteiger partial charge is 0.270 e. The third-order valence-electron chi connectivity index (χ3n) is 3.10. The van der Waals surface area contributed by atoms with Gasteiger partial charge in [-0.05, 0) is 37.1 Å². The molecular formula is C15H21N5O2. The summed E-state index contributed by atoms with van der Waals surface area (Å²) < 4.78 is 5.50. The molecule has 1 amide bonds. The van der Waals surface area contributed by atoms with E-state index in [2.05, 4.69) is 27.7 Å². The molecule has 2 rings (SSSR count). The Morgan fingerprint density at radius 1 is 1.36 bits per heavy atom. The van der Waals surface area contributed by atoms with Crippen LogP contribution >= 0.6 is 0 Å². The lowest BCUT2D eigenvalue weighted by Gasteiger charge is -2.08. The van der Waals surface area contributed by atoms with Gasteiger partial charge >= 0.3 is 0 Å². The lowest BCUT2D eigenvalue weighted by Crippen LogP contribution is -2.21. The van der Waals surface area contributed by atoms with E-state index in [0.717, 1.165) is 24.0 Å². The number of nitrogens with zero attached hydrogens (tertiary/aromatic N) is 4. The molecule has 1 aromatic carbocycles. The van der Waals surface area contributed by atoms with Crippen molar-refractivity contribution in [3.8, 4) is 5.75 Å². The first-order valence-electron chi connectivity index (χ1n) is 7.36. The molecule has 1 heterocycles. The summed E-state index contributed by atoms with van der Waals surface area (Å²) in [6, 6.07) is 5.81. The van der Waals surface area contributed by atoms with Crippen LogP contribution in [0.15, 0.2) is 18.2 Å². The highest BCUT2D eigenvalue weighted by atomic mass is 16.5. The first kappa shape index (κ1) is 15.9. The van der Waals surface area contributed by atoms with Crippen molar-refractivity contribution >= 4 is 11.9 Å². The van der Waals surface area contributed by atoms with E-state index in [0.29, 0.717) is 12.3 Å². The molecule has 0 aliphatic heterocycles. The zero-order valence-electron chi connectivity index (χ0n) is 13.2. The van der Waals surface area contributed by atoms with Crippen LogP contribution in [0.1, 0.15) is 30.9 Å². The summed E-state index contributed by atoms with van der Waals surface area (Å²) in [5, 5.41) is 14.3. The number of carbonyl (C=O) groups excluding carboxylic acids is 1. The first-order valence-corrected chi connectivity index (χ1v) is 7.36. The van der Waals surface area contributed by atoms with Crippen LogP contribution in [0, 0.1) is 13.8 Å². The highest BCUT2D eigenvalue weighted by Crippen LogP contribution is 2.18. The molecule has 2 aromatic rings. The third-order valence-corrected chi connectivity index (χ3v) is 3.10. The molecule has 0 atom stereocenters. The summed E-state index contributed by atoms with van der Waals surface area (Å²) in [6.07, 6.45) is 2.02. The van der Waals surface area contributed by atoms with E-state index in [1.807, 2.05) is 32.0 Å². The number of aromatic nitrogens is 4. The molecule has 22 heavy (non-hydrogen) atoms. The number of nitrogens with one attached hydrogen (secondary N) is 1. The van der Waals surface area contributed by atoms with E-state index in [4.69, 9.17) is 4.74 Å². The van der Waals surface area contributed by atoms with Crippen LogP contribution < -0.4 is 10.1 Å². The zero-order chi connectivity index (χ0) is 15.9. The van der Waals surface area contributed by atoms with Crippen LogP contribution in [-0.2, 0) is 11.3 Å². The summed E-state index contributed by atoms with van der Waals surface area (Å²) in [5.74, 6) is 0.584. The van der Waals surface area contributed by atoms with Crippen LogP contribution in [0.5, 0.6) is 5.75 Å². The number of anilines is 1. The molecule has 0 aliphatic rings. The molecule has 0 spiro atoms. The van der Waals surface area contributed by atoms with Crippen molar-refractivity contribution in [2.75, 3.05) is 11.9 Å². The van der Waals surface area contributed by atoms with E-state index in [1.165, 1.54) is 4.80 Å². The number of rotatable bonds is 7. The maximum atomic E-state index is 11.8. The van der Waals surface area contributed by atoms with Gasteiger partial charge in [-0.25, -0.2) is 0 Å². The molecule has 0 saturated heterocycles. The number of amides is 1. The highest BCUT2D eigenvalue weighted by Gasteiger charge is 2.09. The number of ether oxygens (including phenoxy) is 1. The number of benzene rings is 1. The molecule has 0 unspecified atom stereocenters. The third kappa shape index (κ3) is 4.54. The number of aryl methyl sites for hydroxylation is 3. The van der Waals surface area contributed by atoms with E-state index in [-0.39, 0.29) is 18.5 Å². The van der Waals surface area contributed by atoms with Crippen LogP contribution in [0.4, 0.5) is 5.95 Å². The molecule has 1 aromatic heterocycles. The monoisotopic (exact) mass is 303 g/mol. The summed E-state index contributed by atoms with van der Waals surface area (Å²) >= 11 is 0. The maximum absolute atomic E-state index is 11.8. The van der Waals surface area contributed by atoms with Gasteiger partial charge in [0.2, 0.25) is 0 Å². The topological polar surface area (TPSA) is 81.9 Å². The number of carbonyl (C=O) groups is 1. The Balaban J connectivity index is 1.83. The van der Waals surface area contributed by atoms with Gasteiger partial charge in [0.25, 0.3) is 11.9 Å². The van der Waals surface area contributed by atoms with Gasteiger partial charge < -0.3 is 4.74 Å². The minimum Gasteiger partial charge on any atom is -0.483 e. The fourth-order valence-electron chi connectivity index (χ4n) is 1.95. The Bertz CT molecular complexity index is 639. The lowest BCUT2D eigenvalue weighted by molar-refractivity contribution is -0.118. The van der Waals surface area contributed by atoms with Gasteiger partial charge in [-0.15, -0.1) is 5.10 Å². The molecule has 118 valence electrons. The fraction of sp³-hybridized carbons (Fsp3) is 0.467. The Morgan fingerprint density at radius 3 is 2.91 bits per heavy atom. The average Bonchev–Trinajstić information content (AvgIpc) is 2.91. The molecule has 0 radical (unpaired) electrons. The summed E-state index contributed by atoms with van der Waals surface area (Å²) in [5.41, 5.74) is 2.15. The highest BCUT2D eigenvalue weighted by molar-refractivity contribution is 5.90. The lowest BCUT2D eigenvalue weighted by atomic mass is 10.1. The molecule has 0 fully saturated rings. The number of hydrogen-bond donors (Lipinski definition) is 1. The normalized spacial score (nSPS) is 10.5. The van der Waals surface area contributed by atoms with Crippen molar-refractivity contribution in [1.29, 1.82) is 0 Å². The van der Waals surface area contributed by atoms with Gasteiger partial charge in [-0.1, -0.05) is 36.1 Å². The number of unbranched alkanes of at least 4 members (excludes halogenated alkanes) is 1. The van der Waals surface area contributed by atoms with Gasteiger partial charge in [0.1, 0.15) is 5.75 Å². The minimum atomic E-state index is -0.310. The SMILES string of the molecule is CCCCn1nnc(NC(=O)COc2ccc(C)cc2C)n1. The van der Waals surface area contributed by atoms with Gasteiger partial charge in [-0.3, -0.25) is 10.1 Å². The molecule has 7 nitrogen and oxygen atoms in total. The first-order chi connectivity index (χ1) is 10.6. The molecule has 0 saturated carbocycles. The van der Waals surface area contributed by atoms with Crippen LogP contribution in [0.3, 0.4) is 0 Å². The second-order valence-corrected chi connectivity index (χ2v) is 5.17. The number of tetrazole rings is 1. The Morgan fingerprint density at radius 2 is 2.18 bits per heavy atom. The van der Waals surface area contributed by atoms with Gasteiger partial charge in [0.05, 0.1) is 6.54 Å². The summed E-state index contributed by atoms with van der Waals surface area (Å²) in [6.45, 7) is 6.65. The van der Waals surface area contributed by atoms with E-state index >= 15 is 0 Å². The van der Waals surface area contributed by atoms with E-state index in [9.17, 15) is 4.79 Å². The largest absolute Gasteiger partial charge is 0.483 e. The summed E-state index contributed by atoms with van der Waals surface area (Å²) in [4.78, 5) is 13.3. The predicted octanol–water partition coefficient (Wildman–Crippen LogP) is 2.11. The second-order valence-electron chi connectivity index (χ2n) is 5.17. The molecule has 7 heteroatoms. The standard InChI is InChI=1S/C15H21N5O2/c1-4-5-8-20-18-15(17-19-20)16-14(21)10-22-13-7-6-11(2)9-12(13)3/h6-7,9H,4-5,8,10H2,1-3H3,(H,16,18,21). The van der Waals surface area contributed by atoms with Crippen molar-refractivity contribution in [1.82, 2.24) is 20.2 Å². The second kappa shape index (κ2) is 7.53. The molecular weight excluding hydrogens is 282 g/mol. The summed E-state index contributed by atoms with van der Waals surface area (Å²) in [7, 11) is 0. The fourth-order valence-corrected chi connectivity index (χ4v) is 1.95. The van der Waals surface area contributed by atoms with Crippen molar-refractivity contribution in [3.63, 3.8) is 0 Å². The van der Waals surface area contributed by atoms with E-state index in [1.54, 1.807) is 0 Å². The van der Waals surface area contributed by atoms with Crippen molar-refractivity contribution < 1.29 is 9.53 Å². The Labute approximate surface area is 129 Å². The van der Waals surface area contributed by atoms with E-state index < -0.39 is 0 Å². The van der Waals surface area contributed by atoms with Crippen molar-refractivity contribution in [2.24, 2.45) is 0 Å². The van der Waals surface area contributed by atoms with Crippen LogP contribution in [0.2, 0.25) is 0 Å². The Kier molecular flexibility index (Phi) is 5.46. The molecule has 0 aliphatic carbocycles. The Hall–Kier alpha value is -2.44. The van der Waals surface area contributed by atoms with Gasteiger partial charge in [0, 0.05) is 0 Å².